The molecule has 0 bridgehead atoms. The van der Waals surface area contributed by atoms with Gasteiger partial charge in [-0.25, -0.2) is 0 Å². The molecule has 2 aromatic carbocycles. The molecule has 2 unspecified atom stereocenters. The highest BCUT2D eigenvalue weighted by Crippen LogP contribution is 2.50. The molecule has 1 aliphatic heterocycles. The van der Waals surface area contributed by atoms with E-state index in [4.69, 9.17) is 34.8 Å². The van der Waals surface area contributed by atoms with Crippen molar-refractivity contribution in [3.05, 3.63) is 67.7 Å². The predicted octanol–water partition coefficient (Wildman–Crippen LogP) is 7.24. The van der Waals surface area contributed by atoms with Crippen LogP contribution in [0.15, 0.2) is 35.3 Å². The highest BCUT2D eigenvalue weighted by Gasteiger charge is 2.58. The smallest absolute Gasteiger partial charge is 0.349 e. The lowest BCUT2D eigenvalue weighted by molar-refractivity contribution is -0.183. The quantitative estimate of drug-likeness (QED) is 0.408. The van der Waals surface area contributed by atoms with Gasteiger partial charge in [-0.15, -0.1) is 0 Å². The first kappa shape index (κ1) is 24.0. The number of nitrogens with zero attached hydrogens (tertiary/aromatic N) is 1. The molecule has 2 atom stereocenters. The Kier molecular flexibility index (Phi) is 6.14. The number of halogens is 6. The average Bonchev–Trinajstić information content (AvgIpc) is 3.31. The Morgan fingerprint density at radius 3 is 2.44 bits per heavy atom. The van der Waals surface area contributed by atoms with E-state index >= 15 is 0 Å². The number of hydrogen-bond donors (Lipinski definition) is 1. The molecule has 1 saturated carbocycles. The van der Waals surface area contributed by atoms with Crippen molar-refractivity contribution >= 4 is 46.4 Å². The number of aryl methyl sites for hydroxylation is 1. The van der Waals surface area contributed by atoms with Crippen molar-refractivity contribution in [1.29, 1.82) is 0 Å². The summed E-state index contributed by atoms with van der Waals surface area (Å²) in [7, 11) is 0. The zero-order chi connectivity index (χ0) is 24.3. The van der Waals surface area contributed by atoms with Crippen LogP contribution in [0.5, 0.6) is 0 Å². The molecule has 3 nitrogen and oxygen atoms in total. The Balaban J connectivity index is 1.39. The molecule has 1 heterocycles. The second kappa shape index (κ2) is 8.72. The fraction of sp³-hybridized carbons (Fsp3) is 0.440. The average molecular weight is 530 g/mol. The number of amides is 1. The van der Waals surface area contributed by atoms with E-state index in [1.54, 1.807) is 6.07 Å². The monoisotopic (exact) mass is 528 g/mol. The molecule has 2 aliphatic carbocycles. The molecule has 0 saturated heterocycles. The largest absolute Gasteiger partial charge is 0.400 e. The summed E-state index contributed by atoms with van der Waals surface area (Å²) in [5, 5.41) is 3.10. The lowest BCUT2D eigenvalue weighted by Crippen LogP contribution is -2.43. The van der Waals surface area contributed by atoms with Gasteiger partial charge in [0.15, 0.2) is 0 Å². The Morgan fingerprint density at radius 2 is 1.79 bits per heavy atom. The summed E-state index contributed by atoms with van der Waals surface area (Å²) in [5.74, 6) is 0.586. The molecule has 9 heteroatoms. The van der Waals surface area contributed by atoms with Crippen LogP contribution in [0, 0.1) is 5.92 Å². The standard InChI is InChI=1S/C25H22Cl3F3N2O/c26-18-9-16(10-19(27)23(18)28)24(25(29,30)31)11-21(32-12-24)15-3-5-17-14(8-15)4-6-20(17)33-22(34)7-13-1-2-13/h3,5,8-10,13,20H,1-2,4,6-7,11-12H2,(H,33,34). The van der Waals surface area contributed by atoms with E-state index in [0.717, 1.165) is 36.8 Å². The Morgan fingerprint density at radius 1 is 1.09 bits per heavy atom. The molecule has 1 N–H and O–H groups in total. The van der Waals surface area contributed by atoms with Crippen LogP contribution in [-0.4, -0.2) is 24.3 Å². The van der Waals surface area contributed by atoms with Crippen LogP contribution in [-0.2, 0) is 16.6 Å². The van der Waals surface area contributed by atoms with Gasteiger partial charge in [0.05, 0.1) is 27.7 Å². The minimum atomic E-state index is -4.56. The van der Waals surface area contributed by atoms with Gasteiger partial charge in [0.1, 0.15) is 5.41 Å². The molecule has 34 heavy (non-hydrogen) atoms. The van der Waals surface area contributed by atoms with Crippen LogP contribution in [0.4, 0.5) is 13.2 Å². The van der Waals surface area contributed by atoms with Gasteiger partial charge in [-0.05, 0) is 72.1 Å². The maximum absolute atomic E-state index is 14.4. The topological polar surface area (TPSA) is 41.5 Å². The number of rotatable bonds is 5. The Labute approximate surface area is 210 Å². The fourth-order valence-corrected chi connectivity index (χ4v) is 5.58. The summed E-state index contributed by atoms with van der Waals surface area (Å²) in [5.41, 5.74) is 0.865. The maximum atomic E-state index is 14.4. The highest BCUT2D eigenvalue weighted by molar-refractivity contribution is 6.48. The lowest BCUT2D eigenvalue weighted by Gasteiger charge is -2.32. The highest BCUT2D eigenvalue weighted by atomic mass is 35.5. The maximum Gasteiger partial charge on any atom is 0.400 e. The molecule has 0 spiro atoms. The first-order valence-corrected chi connectivity index (χ1v) is 12.4. The van der Waals surface area contributed by atoms with Crippen LogP contribution in [0.2, 0.25) is 15.1 Å². The van der Waals surface area contributed by atoms with E-state index in [1.807, 2.05) is 12.1 Å². The third-order valence-corrected chi connectivity index (χ3v) is 8.35. The molecule has 0 radical (unpaired) electrons. The third-order valence-electron chi connectivity index (χ3n) is 7.15. The number of benzene rings is 2. The van der Waals surface area contributed by atoms with E-state index in [0.29, 0.717) is 23.6 Å². The number of nitrogens with one attached hydrogen (secondary N) is 1. The van der Waals surface area contributed by atoms with Crippen LogP contribution in [0.3, 0.4) is 0 Å². The number of alkyl halides is 3. The van der Waals surface area contributed by atoms with E-state index in [9.17, 15) is 18.0 Å². The van der Waals surface area contributed by atoms with E-state index in [1.165, 1.54) is 12.1 Å². The molecular formula is C25H22Cl3F3N2O. The summed E-state index contributed by atoms with van der Waals surface area (Å²) < 4.78 is 43.2. The van der Waals surface area contributed by atoms with Crippen molar-refractivity contribution in [1.82, 2.24) is 5.32 Å². The van der Waals surface area contributed by atoms with Crippen LogP contribution >= 0.6 is 34.8 Å². The number of aliphatic imine (C=N–C) groups is 1. The van der Waals surface area contributed by atoms with Crippen molar-refractivity contribution < 1.29 is 18.0 Å². The first-order valence-electron chi connectivity index (χ1n) is 11.2. The lowest BCUT2D eigenvalue weighted by atomic mass is 9.76. The van der Waals surface area contributed by atoms with Crippen LogP contribution < -0.4 is 5.32 Å². The summed E-state index contributed by atoms with van der Waals surface area (Å²) in [6.07, 6.45) is -0.522. The number of carbonyl (C=O) groups excluding carboxylic acids is 1. The van der Waals surface area contributed by atoms with Crippen molar-refractivity contribution in [2.24, 2.45) is 10.9 Å². The number of hydrogen-bond acceptors (Lipinski definition) is 2. The molecule has 2 aromatic rings. The number of fused-ring (bicyclic) bond motifs is 1. The zero-order valence-corrected chi connectivity index (χ0v) is 20.4. The van der Waals surface area contributed by atoms with E-state index in [2.05, 4.69) is 10.3 Å². The fourth-order valence-electron chi connectivity index (χ4n) is 4.98. The third kappa shape index (κ3) is 4.33. The molecule has 0 aromatic heterocycles. The van der Waals surface area contributed by atoms with Gasteiger partial charge in [0.25, 0.3) is 0 Å². The molecule has 5 rings (SSSR count). The van der Waals surface area contributed by atoms with Gasteiger partial charge in [0, 0.05) is 18.6 Å². The Bertz CT molecular complexity index is 1170. The molecule has 180 valence electrons. The molecule has 3 aliphatic rings. The van der Waals surface area contributed by atoms with Gasteiger partial charge in [-0.3, -0.25) is 9.79 Å². The van der Waals surface area contributed by atoms with Crippen LogP contribution in [0.1, 0.15) is 60.4 Å². The van der Waals surface area contributed by atoms with Gasteiger partial charge in [-0.2, -0.15) is 13.2 Å². The van der Waals surface area contributed by atoms with Crippen molar-refractivity contribution in [2.75, 3.05) is 6.54 Å². The molecule has 1 fully saturated rings. The molecular weight excluding hydrogens is 508 g/mol. The summed E-state index contributed by atoms with van der Waals surface area (Å²) in [6, 6.07) is 8.05. The minimum absolute atomic E-state index is 0.0199. The number of carbonyl (C=O) groups is 1. The van der Waals surface area contributed by atoms with E-state index in [-0.39, 0.29) is 39.0 Å². The summed E-state index contributed by atoms with van der Waals surface area (Å²) >= 11 is 18.1. The SMILES string of the molecule is O=C(CC1CC1)NC1CCc2cc(C3=NCC(c4cc(Cl)c(Cl)c(Cl)c4)(C(F)(F)F)C3)ccc21. The van der Waals surface area contributed by atoms with Gasteiger partial charge in [-0.1, -0.05) is 46.9 Å². The zero-order valence-electron chi connectivity index (χ0n) is 18.1. The van der Waals surface area contributed by atoms with E-state index < -0.39 is 18.1 Å². The van der Waals surface area contributed by atoms with Crippen molar-refractivity contribution in [2.45, 2.75) is 56.2 Å². The minimum Gasteiger partial charge on any atom is -0.349 e. The summed E-state index contributed by atoms with van der Waals surface area (Å²) in [6.45, 7) is -0.447. The van der Waals surface area contributed by atoms with Crippen LogP contribution in [0.25, 0.3) is 0 Å². The second-order valence-electron chi connectivity index (χ2n) is 9.49. The summed E-state index contributed by atoms with van der Waals surface area (Å²) in [4.78, 5) is 16.6. The normalized spacial score (nSPS) is 24.2. The molecule has 1 amide bonds. The van der Waals surface area contributed by atoms with Gasteiger partial charge >= 0.3 is 6.18 Å². The van der Waals surface area contributed by atoms with Gasteiger partial charge < -0.3 is 5.32 Å². The Hall–Kier alpha value is -1.76. The predicted molar refractivity (Wildman–Crippen MR) is 128 cm³/mol. The van der Waals surface area contributed by atoms with Crippen molar-refractivity contribution in [3.8, 4) is 0 Å². The first-order chi connectivity index (χ1) is 16.1. The van der Waals surface area contributed by atoms with Gasteiger partial charge in [0.2, 0.25) is 5.91 Å². The second-order valence-corrected chi connectivity index (χ2v) is 10.7. The van der Waals surface area contributed by atoms with Crippen molar-refractivity contribution in [3.63, 3.8) is 0 Å².